The van der Waals surface area contributed by atoms with Crippen LogP contribution in [0.4, 0.5) is 11.4 Å². The minimum Gasteiger partial charge on any atom is -0.394 e. The number of carbonyl (C=O) groups is 3. The van der Waals surface area contributed by atoms with Crippen LogP contribution in [0.1, 0.15) is 37.0 Å². The van der Waals surface area contributed by atoms with Gasteiger partial charge in [0, 0.05) is 37.2 Å². The van der Waals surface area contributed by atoms with E-state index in [2.05, 4.69) is 5.32 Å². The van der Waals surface area contributed by atoms with Crippen LogP contribution in [-0.2, 0) is 33.0 Å². The minimum atomic E-state index is -1.90. The summed E-state index contributed by atoms with van der Waals surface area (Å²) in [6.07, 6.45) is 2.72. The topological polar surface area (TPSA) is 130 Å². The van der Waals surface area contributed by atoms with Crippen molar-refractivity contribution in [3.05, 3.63) is 71.3 Å². The molecule has 2 aliphatic rings. The highest BCUT2D eigenvalue weighted by molar-refractivity contribution is 6.07. The summed E-state index contributed by atoms with van der Waals surface area (Å²) in [6.45, 7) is 3.32. The number of likely N-dealkylation sites (N-methyl/N-ethyl adjacent to an activating group) is 1. The van der Waals surface area contributed by atoms with Gasteiger partial charge < -0.3 is 30.4 Å². The number of hydrogen-bond donors (Lipinski definition) is 4. The minimum absolute atomic E-state index is 0.0560. The van der Waals surface area contributed by atoms with E-state index in [4.69, 9.17) is 0 Å². The molecule has 0 bridgehead atoms. The summed E-state index contributed by atoms with van der Waals surface area (Å²) in [6, 6.07) is 12.3. The Hall–Kier alpha value is -3.53. The van der Waals surface area contributed by atoms with Crippen molar-refractivity contribution >= 4 is 29.1 Å². The molecule has 0 aromatic heterocycles. The Labute approximate surface area is 216 Å². The van der Waals surface area contributed by atoms with Crippen molar-refractivity contribution in [2.24, 2.45) is 5.92 Å². The van der Waals surface area contributed by atoms with E-state index in [1.165, 1.54) is 17.9 Å². The molecule has 0 fully saturated rings. The first-order valence-electron chi connectivity index (χ1n) is 12.4. The number of nitrogens with one attached hydrogen (secondary N) is 1. The number of nitrogens with zero attached hydrogens (tertiary/aromatic N) is 2. The van der Waals surface area contributed by atoms with E-state index in [0.29, 0.717) is 29.9 Å². The molecule has 4 atom stereocenters. The van der Waals surface area contributed by atoms with E-state index in [-0.39, 0.29) is 25.0 Å². The molecule has 2 heterocycles. The predicted octanol–water partition coefficient (Wildman–Crippen LogP) is 1.70. The zero-order chi connectivity index (χ0) is 26.9. The molecule has 4 N–H and O–H groups in total. The molecule has 4 rings (SSSR count). The van der Waals surface area contributed by atoms with Crippen LogP contribution in [0.3, 0.4) is 0 Å². The van der Waals surface area contributed by atoms with Gasteiger partial charge in [0.15, 0.2) is 5.60 Å². The van der Waals surface area contributed by atoms with E-state index < -0.39 is 29.4 Å². The van der Waals surface area contributed by atoms with Gasteiger partial charge in [-0.3, -0.25) is 14.4 Å². The van der Waals surface area contributed by atoms with Gasteiger partial charge in [0.1, 0.15) is 6.10 Å². The standard InChI is InChI=1S/C28H33N3O6/c1-17(7-6-10-25(34)31-15-20-9-5-4-8-19(20)13-22(31)16-32)28(37)23-14-21(29-26(35)18(2)33)11-12-24(23)30(3)27(28)36/h4-9,11-12,14,17-18,22,32-33,37H,10,13,15-16H2,1-3H3,(H,29,35)/b7-6+/t17-,18+,22+,28+/m1/s1. The van der Waals surface area contributed by atoms with Crippen LogP contribution in [0.25, 0.3) is 0 Å². The summed E-state index contributed by atoms with van der Waals surface area (Å²) >= 11 is 0. The van der Waals surface area contributed by atoms with Crippen molar-refractivity contribution < 1.29 is 29.7 Å². The van der Waals surface area contributed by atoms with Gasteiger partial charge in [0.25, 0.3) is 11.8 Å². The molecule has 9 nitrogen and oxygen atoms in total. The van der Waals surface area contributed by atoms with Crippen LogP contribution < -0.4 is 10.2 Å². The van der Waals surface area contributed by atoms with E-state index in [9.17, 15) is 29.7 Å². The van der Waals surface area contributed by atoms with E-state index in [1.54, 1.807) is 43.2 Å². The summed E-state index contributed by atoms with van der Waals surface area (Å²) in [4.78, 5) is 41.1. The molecular formula is C28H33N3O6. The van der Waals surface area contributed by atoms with Gasteiger partial charge in [0.2, 0.25) is 5.91 Å². The van der Waals surface area contributed by atoms with Crippen molar-refractivity contribution in [3.8, 4) is 0 Å². The van der Waals surface area contributed by atoms with Gasteiger partial charge in [-0.25, -0.2) is 0 Å². The van der Waals surface area contributed by atoms with Gasteiger partial charge >= 0.3 is 0 Å². The Kier molecular flexibility index (Phi) is 7.49. The Morgan fingerprint density at radius 2 is 1.89 bits per heavy atom. The summed E-state index contributed by atoms with van der Waals surface area (Å²) in [5.74, 6) is -1.95. The fourth-order valence-electron chi connectivity index (χ4n) is 5.05. The molecule has 0 aliphatic carbocycles. The van der Waals surface area contributed by atoms with E-state index in [1.807, 2.05) is 24.3 Å². The third-order valence-electron chi connectivity index (χ3n) is 7.31. The average Bonchev–Trinajstić information content (AvgIpc) is 3.09. The monoisotopic (exact) mass is 507 g/mol. The number of hydrogen-bond acceptors (Lipinski definition) is 6. The largest absolute Gasteiger partial charge is 0.394 e. The SMILES string of the molecule is C[C@H](O)C(=O)Nc1ccc2c(c1)[C@@](O)([C@H](C)/C=C/CC(=O)N1Cc3ccccc3C[C@H]1CO)C(=O)N2C. The normalized spacial score (nSPS) is 22.5. The van der Waals surface area contributed by atoms with Crippen molar-refractivity contribution in [2.45, 2.75) is 51.0 Å². The predicted molar refractivity (Wildman–Crippen MR) is 139 cm³/mol. The lowest BCUT2D eigenvalue weighted by molar-refractivity contribution is -0.139. The number of carbonyl (C=O) groups excluding carboxylic acids is 3. The zero-order valence-electron chi connectivity index (χ0n) is 21.2. The lowest BCUT2D eigenvalue weighted by Crippen LogP contribution is -2.46. The molecule has 0 saturated heterocycles. The molecule has 0 saturated carbocycles. The van der Waals surface area contributed by atoms with Crippen molar-refractivity contribution in [2.75, 3.05) is 23.9 Å². The molecule has 2 aliphatic heterocycles. The van der Waals surface area contributed by atoms with Gasteiger partial charge in [-0.15, -0.1) is 0 Å². The lowest BCUT2D eigenvalue weighted by atomic mass is 9.82. The van der Waals surface area contributed by atoms with Crippen LogP contribution in [0.2, 0.25) is 0 Å². The highest BCUT2D eigenvalue weighted by Crippen LogP contribution is 2.45. The molecule has 0 spiro atoms. The van der Waals surface area contributed by atoms with Gasteiger partial charge in [-0.2, -0.15) is 0 Å². The van der Waals surface area contributed by atoms with Crippen LogP contribution in [0.5, 0.6) is 0 Å². The number of aliphatic hydroxyl groups excluding tert-OH is 2. The summed E-state index contributed by atoms with van der Waals surface area (Å²) < 4.78 is 0. The molecule has 2 aromatic rings. The number of anilines is 2. The van der Waals surface area contributed by atoms with Crippen molar-refractivity contribution in [1.29, 1.82) is 0 Å². The first-order chi connectivity index (χ1) is 17.6. The van der Waals surface area contributed by atoms with Crippen LogP contribution >= 0.6 is 0 Å². The molecule has 0 unspecified atom stereocenters. The Bertz CT molecular complexity index is 1240. The molecule has 196 valence electrons. The summed E-state index contributed by atoms with van der Waals surface area (Å²) in [7, 11) is 1.57. The second-order valence-corrected chi connectivity index (χ2v) is 9.78. The van der Waals surface area contributed by atoms with Crippen molar-refractivity contribution in [1.82, 2.24) is 4.90 Å². The maximum Gasteiger partial charge on any atom is 0.264 e. The fourth-order valence-corrected chi connectivity index (χ4v) is 5.05. The number of aliphatic hydroxyl groups is 3. The molecule has 2 aromatic carbocycles. The lowest BCUT2D eigenvalue weighted by Gasteiger charge is -2.36. The Balaban J connectivity index is 1.51. The summed E-state index contributed by atoms with van der Waals surface area (Å²) in [5, 5.41) is 33.5. The maximum absolute atomic E-state index is 13.1. The third-order valence-corrected chi connectivity index (χ3v) is 7.31. The van der Waals surface area contributed by atoms with Gasteiger partial charge in [-0.1, -0.05) is 43.3 Å². The van der Waals surface area contributed by atoms with Crippen LogP contribution in [0.15, 0.2) is 54.6 Å². The second-order valence-electron chi connectivity index (χ2n) is 9.78. The van der Waals surface area contributed by atoms with Gasteiger partial charge in [-0.05, 0) is 42.7 Å². The Morgan fingerprint density at radius 1 is 1.19 bits per heavy atom. The average molecular weight is 508 g/mol. The third kappa shape index (κ3) is 4.90. The second kappa shape index (κ2) is 10.5. The zero-order valence-corrected chi connectivity index (χ0v) is 21.2. The quantitative estimate of drug-likeness (QED) is 0.422. The molecule has 0 radical (unpaired) electrons. The first-order valence-corrected chi connectivity index (χ1v) is 12.4. The number of fused-ring (bicyclic) bond motifs is 2. The van der Waals surface area contributed by atoms with Crippen LogP contribution in [-0.4, -0.2) is 63.7 Å². The first kappa shape index (κ1) is 26.5. The maximum atomic E-state index is 13.1. The molecule has 3 amide bonds. The number of benzene rings is 2. The molecule has 37 heavy (non-hydrogen) atoms. The highest BCUT2D eigenvalue weighted by atomic mass is 16.3. The fraction of sp³-hybridized carbons (Fsp3) is 0.393. The smallest absolute Gasteiger partial charge is 0.264 e. The molecular weight excluding hydrogens is 474 g/mol. The Morgan fingerprint density at radius 3 is 2.57 bits per heavy atom. The number of amides is 3. The van der Waals surface area contributed by atoms with Crippen molar-refractivity contribution in [3.63, 3.8) is 0 Å². The highest BCUT2D eigenvalue weighted by Gasteiger charge is 2.51. The van der Waals surface area contributed by atoms with E-state index >= 15 is 0 Å². The number of rotatable bonds is 7. The van der Waals surface area contributed by atoms with Gasteiger partial charge in [0.05, 0.1) is 18.3 Å². The summed E-state index contributed by atoms with van der Waals surface area (Å²) in [5.41, 5.74) is 1.48. The van der Waals surface area contributed by atoms with Crippen LogP contribution in [0, 0.1) is 5.92 Å². The van der Waals surface area contributed by atoms with E-state index in [0.717, 1.165) is 11.1 Å². The molecule has 9 heteroatoms.